The molecule has 1 N–H and O–H groups in total. The van der Waals surface area contributed by atoms with Crippen LogP contribution in [0.4, 0.5) is 0 Å². The van der Waals surface area contributed by atoms with Gasteiger partial charge in [-0.2, -0.15) is 0 Å². The predicted molar refractivity (Wildman–Crippen MR) is 34.1 cm³/mol. The highest BCUT2D eigenvalue weighted by atomic mass is 16.3. The van der Waals surface area contributed by atoms with Gasteiger partial charge in [0.05, 0.1) is 0 Å². The normalized spacial score (nSPS) is 29.9. The molecule has 1 rings (SSSR count). The molecular weight excluding hydrogens is 116 g/mol. The van der Waals surface area contributed by atoms with Gasteiger partial charge in [0.25, 0.3) is 0 Å². The first-order valence-electron chi connectivity index (χ1n) is 3.51. The molecule has 9 heavy (non-hydrogen) atoms. The molecule has 0 amide bonds. The third kappa shape index (κ3) is 1.79. The van der Waals surface area contributed by atoms with Gasteiger partial charge >= 0.3 is 0 Å². The molecular formula is C7H12O2. The standard InChI is InChI=1S/C7H12O2/c8-6-4-2-1-3-5-7(6)9/h6,8H,1-5H2. The van der Waals surface area contributed by atoms with E-state index in [-0.39, 0.29) is 5.78 Å². The van der Waals surface area contributed by atoms with Crippen LogP contribution in [0.3, 0.4) is 0 Å². The lowest BCUT2D eigenvalue weighted by Gasteiger charge is -2.01. The monoisotopic (exact) mass is 128 g/mol. The van der Waals surface area contributed by atoms with Gasteiger partial charge in [0.2, 0.25) is 0 Å². The van der Waals surface area contributed by atoms with Gasteiger partial charge in [-0.3, -0.25) is 4.79 Å². The maximum absolute atomic E-state index is 10.8. The summed E-state index contributed by atoms with van der Waals surface area (Å²) in [5.41, 5.74) is 0. The van der Waals surface area contributed by atoms with Crippen LogP contribution in [0.15, 0.2) is 0 Å². The second-order valence-corrected chi connectivity index (χ2v) is 2.58. The van der Waals surface area contributed by atoms with Crippen molar-refractivity contribution in [2.45, 2.75) is 38.2 Å². The molecule has 1 atom stereocenters. The average Bonchev–Trinajstić information content (AvgIpc) is 1.99. The topological polar surface area (TPSA) is 37.3 Å². The highest BCUT2D eigenvalue weighted by Crippen LogP contribution is 2.13. The molecule has 0 aliphatic heterocycles. The number of aliphatic hydroxyl groups is 1. The molecule has 1 saturated carbocycles. The minimum Gasteiger partial charge on any atom is -0.385 e. The molecule has 0 spiro atoms. The third-order valence-electron chi connectivity index (χ3n) is 1.77. The SMILES string of the molecule is O=C1CCCCCC1O. The molecule has 0 aromatic rings. The number of hydrogen-bond donors (Lipinski definition) is 1. The molecule has 0 heterocycles. The summed E-state index contributed by atoms with van der Waals surface area (Å²) >= 11 is 0. The van der Waals surface area contributed by atoms with Crippen molar-refractivity contribution >= 4 is 5.78 Å². The lowest BCUT2D eigenvalue weighted by Crippen LogP contribution is -2.17. The number of carbonyl (C=O) groups is 1. The summed E-state index contributed by atoms with van der Waals surface area (Å²) in [6, 6.07) is 0. The summed E-state index contributed by atoms with van der Waals surface area (Å²) in [6.07, 6.45) is 3.69. The van der Waals surface area contributed by atoms with Crippen LogP contribution in [0.25, 0.3) is 0 Å². The summed E-state index contributed by atoms with van der Waals surface area (Å²) in [7, 11) is 0. The van der Waals surface area contributed by atoms with Crippen molar-refractivity contribution in [2.24, 2.45) is 0 Å². The Labute approximate surface area is 54.9 Å². The Hall–Kier alpha value is -0.370. The van der Waals surface area contributed by atoms with Gasteiger partial charge in [-0.15, -0.1) is 0 Å². The Bertz CT molecular complexity index is 109. The zero-order chi connectivity index (χ0) is 6.69. The lowest BCUT2D eigenvalue weighted by atomic mass is 10.1. The van der Waals surface area contributed by atoms with E-state index in [0.29, 0.717) is 12.8 Å². The number of Topliss-reactive ketones (excluding diaryl/α,β-unsaturated/α-hetero) is 1. The predicted octanol–water partition coefficient (Wildman–Crippen LogP) is 0.880. The average molecular weight is 128 g/mol. The molecule has 0 radical (unpaired) electrons. The van der Waals surface area contributed by atoms with E-state index < -0.39 is 6.10 Å². The van der Waals surface area contributed by atoms with Crippen molar-refractivity contribution < 1.29 is 9.90 Å². The van der Waals surface area contributed by atoms with Gasteiger partial charge < -0.3 is 5.11 Å². The molecule has 52 valence electrons. The van der Waals surface area contributed by atoms with E-state index in [4.69, 9.17) is 5.11 Å². The molecule has 2 nitrogen and oxygen atoms in total. The second-order valence-electron chi connectivity index (χ2n) is 2.58. The molecule has 2 heteroatoms. The summed E-state index contributed by atoms with van der Waals surface area (Å²) in [6.45, 7) is 0. The summed E-state index contributed by atoms with van der Waals surface area (Å²) in [4.78, 5) is 10.8. The maximum Gasteiger partial charge on any atom is 0.161 e. The molecule has 1 aliphatic carbocycles. The molecule has 0 aromatic heterocycles. The molecule has 0 saturated heterocycles. The van der Waals surface area contributed by atoms with Crippen molar-refractivity contribution in [1.82, 2.24) is 0 Å². The van der Waals surface area contributed by atoms with Crippen LogP contribution >= 0.6 is 0 Å². The Morgan fingerprint density at radius 1 is 1.33 bits per heavy atom. The van der Waals surface area contributed by atoms with Crippen molar-refractivity contribution in [1.29, 1.82) is 0 Å². The summed E-state index contributed by atoms with van der Waals surface area (Å²) in [5, 5.41) is 9.01. The quantitative estimate of drug-likeness (QED) is 0.492. The van der Waals surface area contributed by atoms with Crippen LogP contribution in [0.2, 0.25) is 0 Å². The fourth-order valence-electron chi connectivity index (χ4n) is 1.14. The molecule has 1 aliphatic rings. The van der Waals surface area contributed by atoms with Crippen LogP contribution in [0, 0.1) is 0 Å². The first-order valence-corrected chi connectivity index (χ1v) is 3.51. The lowest BCUT2D eigenvalue weighted by molar-refractivity contribution is -0.126. The van der Waals surface area contributed by atoms with Crippen LogP contribution in [0.1, 0.15) is 32.1 Å². The van der Waals surface area contributed by atoms with Crippen LogP contribution < -0.4 is 0 Å². The van der Waals surface area contributed by atoms with Crippen LogP contribution in [0.5, 0.6) is 0 Å². The number of hydrogen-bond acceptors (Lipinski definition) is 2. The Balaban J connectivity index is 2.41. The molecule has 0 aromatic carbocycles. The smallest absolute Gasteiger partial charge is 0.161 e. The van der Waals surface area contributed by atoms with E-state index in [1.54, 1.807) is 0 Å². The highest BCUT2D eigenvalue weighted by molar-refractivity contribution is 5.82. The number of rotatable bonds is 0. The van der Waals surface area contributed by atoms with Gasteiger partial charge in [0.1, 0.15) is 6.10 Å². The van der Waals surface area contributed by atoms with E-state index in [1.807, 2.05) is 0 Å². The molecule has 0 bridgehead atoms. The van der Waals surface area contributed by atoms with Gasteiger partial charge in [-0.1, -0.05) is 12.8 Å². The number of ketones is 1. The van der Waals surface area contributed by atoms with Crippen LogP contribution in [-0.2, 0) is 4.79 Å². The number of aliphatic hydroxyl groups excluding tert-OH is 1. The summed E-state index contributed by atoms with van der Waals surface area (Å²) in [5.74, 6) is 0.0347. The highest BCUT2D eigenvalue weighted by Gasteiger charge is 2.16. The van der Waals surface area contributed by atoms with E-state index in [2.05, 4.69) is 0 Å². The van der Waals surface area contributed by atoms with Crippen molar-refractivity contribution in [3.63, 3.8) is 0 Å². The molecule has 1 fully saturated rings. The van der Waals surface area contributed by atoms with Crippen LogP contribution in [-0.4, -0.2) is 17.0 Å². The van der Waals surface area contributed by atoms with Gasteiger partial charge in [-0.05, 0) is 12.8 Å². The first-order chi connectivity index (χ1) is 4.30. The van der Waals surface area contributed by atoms with E-state index >= 15 is 0 Å². The minimum absolute atomic E-state index is 0.0347. The summed E-state index contributed by atoms with van der Waals surface area (Å²) < 4.78 is 0. The number of carbonyl (C=O) groups excluding carboxylic acids is 1. The van der Waals surface area contributed by atoms with E-state index in [0.717, 1.165) is 19.3 Å². The maximum atomic E-state index is 10.8. The third-order valence-corrected chi connectivity index (χ3v) is 1.77. The zero-order valence-electron chi connectivity index (χ0n) is 5.47. The van der Waals surface area contributed by atoms with Crippen molar-refractivity contribution in [3.8, 4) is 0 Å². The Morgan fingerprint density at radius 2 is 2.11 bits per heavy atom. The second kappa shape index (κ2) is 2.97. The zero-order valence-corrected chi connectivity index (χ0v) is 5.47. The first kappa shape index (κ1) is 6.75. The Morgan fingerprint density at radius 3 is 2.89 bits per heavy atom. The van der Waals surface area contributed by atoms with Crippen molar-refractivity contribution in [2.75, 3.05) is 0 Å². The Kier molecular flexibility index (Phi) is 2.22. The van der Waals surface area contributed by atoms with Crippen molar-refractivity contribution in [3.05, 3.63) is 0 Å². The minimum atomic E-state index is -0.646. The van der Waals surface area contributed by atoms with E-state index in [1.165, 1.54) is 0 Å². The fourth-order valence-corrected chi connectivity index (χ4v) is 1.14. The van der Waals surface area contributed by atoms with E-state index in [9.17, 15) is 4.79 Å². The van der Waals surface area contributed by atoms with Gasteiger partial charge in [0.15, 0.2) is 5.78 Å². The molecule has 1 unspecified atom stereocenters. The van der Waals surface area contributed by atoms with Gasteiger partial charge in [-0.25, -0.2) is 0 Å². The largest absolute Gasteiger partial charge is 0.385 e. The van der Waals surface area contributed by atoms with Gasteiger partial charge in [0, 0.05) is 6.42 Å². The fraction of sp³-hybridized carbons (Fsp3) is 0.857.